The molecule has 0 aliphatic rings. The van der Waals surface area contributed by atoms with E-state index in [9.17, 15) is 23.1 Å². The van der Waals surface area contributed by atoms with Crippen molar-refractivity contribution in [2.75, 3.05) is 7.11 Å². The highest BCUT2D eigenvalue weighted by molar-refractivity contribution is 7.51. The fourth-order valence-electron chi connectivity index (χ4n) is 4.00. The third-order valence-electron chi connectivity index (χ3n) is 5.58. The van der Waals surface area contributed by atoms with E-state index in [2.05, 4.69) is 0 Å². The quantitative estimate of drug-likeness (QED) is 0.284. The highest BCUT2D eigenvalue weighted by atomic mass is 35.5. The van der Waals surface area contributed by atoms with Gasteiger partial charge in [-0.1, -0.05) is 41.4 Å². The summed E-state index contributed by atoms with van der Waals surface area (Å²) in [5.41, 5.74) is 0.314. The second-order valence-corrected chi connectivity index (χ2v) is 8.67. The molecule has 0 aliphatic heterocycles. The zero-order chi connectivity index (χ0) is 27.5. The summed E-state index contributed by atoms with van der Waals surface area (Å²) >= 11 is 12.0. The van der Waals surface area contributed by atoms with Crippen LogP contribution in [0, 0.1) is 6.92 Å². The summed E-state index contributed by atoms with van der Waals surface area (Å²) in [6.07, 6.45) is -6.02. The smallest absolute Gasteiger partial charge is 0.416 e. The fraction of sp³-hybridized carbons (Fsp3) is 0.160. The summed E-state index contributed by atoms with van der Waals surface area (Å²) in [5, 5.41) is 11.9. The number of fused-ring (bicyclic) bond motifs is 1. The summed E-state index contributed by atoms with van der Waals surface area (Å²) < 4.78 is 63.8. The number of carbonyl (C=O) groups excluding carboxylic acids is 1. The van der Waals surface area contributed by atoms with Gasteiger partial charge in [0.25, 0.3) is 0 Å². The molecule has 0 saturated heterocycles. The van der Waals surface area contributed by atoms with Crippen LogP contribution in [0.4, 0.5) is 13.2 Å². The van der Waals surface area contributed by atoms with Gasteiger partial charge in [0.1, 0.15) is 6.10 Å². The van der Waals surface area contributed by atoms with Gasteiger partial charge >= 0.3 is 23.7 Å². The van der Waals surface area contributed by atoms with Crippen LogP contribution >= 0.6 is 23.2 Å². The zero-order valence-corrected chi connectivity index (χ0v) is 21.5. The molecule has 0 radical (unpaired) electrons. The molecular weight excluding hydrogens is 554 g/mol. The van der Waals surface area contributed by atoms with Crippen molar-refractivity contribution in [1.82, 2.24) is 4.57 Å². The molecule has 0 saturated carbocycles. The van der Waals surface area contributed by atoms with E-state index in [4.69, 9.17) is 36.4 Å². The Hall–Kier alpha value is -3.18. The van der Waals surface area contributed by atoms with Crippen molar-refractivity contribution in [2.24, 2.45) is 0 Å². The number of hydrogen-bond acceptors (Lipinski definition) is 5. The topological polar surface area (TPSA) is 85.6 Å². The van der Waals surface area contributed by atoms with Crippen LogP contribution in [0.3, 0.4) is 0 Å². The largest absolute Gasteiger partial charge is 0.465 e. The van der Waals surface area contributed by atoms with Crippen molar-refractivity contribution in [1.29, 1.82) is 0 Å². The highest BCUT2D eigenvalue weighted by Crippen LogP contribution is 2.41. The highest BCUT2D eigenvalue weighted by Gasteiger charge is 2.34. The van der Waals surface area contributed by atoms with E-state index < -0.39 is 35.4 Å². The molecule has 0 amide bonds. The van der Waals surface area contributed by atoms with Crippen molar-refractivity contribution in [3.8, 4) is 5.69 Å². The third kappa shape index (κ3) is 5.72. The number of methoxy groups -OCH3 is 1. The van der Waals surface area contributed by atoms with Gasteiger partial charge in [0.2, 0.25) is 0 Å². The van der Waals surface area contributed by atoms with E-state index in [-0.39, 0.29) is 37.9 Å². The van der Waals surface area contributed by atoms with Crippen molar-refractivity contribution in [3.05, 3.63) is 98.7 Å². The maximum atomic E-state index is 13.7. The first-order valence-corrected chi connectivity index (χ1v) is 11.8. The molecule has 4 aromatic rings. The lowest BCUT2D eigenvalue weighted by atomic mass is 10.0. The standard InChI is InChI=1S/C25H18Cl2F3NO3.O2S/c1-13-10-14-11-20(23(32)21-18(26)9-8-16(22(21)27)24(33)34-2)31(15-6-4-3-5-7-15)19(14)12-17(13)25(28,29)30;1-3-2/h3-12,23,32H,1-2H3;. The van der Waals surface area contributed by atoms with E-state index in [0.29, 0.717) is 11.1 Å². The maximum Gasteiger partial charge on any atom is 0.416 e. The lowest BCUT2D eigenvalue weighted by molar-refractivity contribution is -0.137. The average molecular weight is 572 g/mol. The van der Waals surface area contributed by atoms with E-state index in [0.717, 1.165) is 6.07 Å². The van der Waals surface area contributed by atoms with Crippen LogP contribution in [0.5, 0.6) is 0 Å². The summed E-state index contributed by atoms with van der Waals surface area (Å²) in [5.74, 6) is -0.718. The van der Waals surface area contributed by atoms with Crippen molar-refractivity contribution in [2.45, 2.75) is 19.2 Å². The summed E-state index contributed by atoms with van der Waals surface area (Å²) in [6, 6.07) is 15.5. The van der Waals surface area contributed by atoms with Crippen LogP contribution < -0.4 is 0 Å². The molecule has 1 atom stereocenters. The van der Waals surface area contributed by atoms with Gasteiger partial charge < -0.3 is 14.4 Å². The van der Waals surface area contributed by atoms with Crippen LogP contribution in [-0.4, -0.2) is 31.2 Å². The van der Waals surface area contributed by atoms with Crippen LogP contribution in [0.2, 0.25) is 10.0 Å². The Kier molecular flexibility index (Phi) is 8.80. The Bertz CT molecular complexity index is 1500. The van der Waals surface area contributed by atoms with Crippen molar-refractivity contribution < 1.29 is 36.2 Å². The number of carbonyl (C=O) groups is 1. The van der Waals surface area contributed by atoms with Gasteiger partial charge in [0, 0.05) is 21.7 Å². The lowest BCUT2D eigenvalue weighted by Crippen LogP contribution is -2.11. The number of esters is 1. The minimum Gasteiger partial charge on any atom is -0.465 e. The number of aryl methyl sites for hydroxylation is 1. The molecule has 1 aromatic heterocycles. The summed E-state index contributed by atoms with van der Waals surface area (Å²) in [7, 11) is 1.19. The molecule has 37 heavy (non-hydrogen) atoms. The second-order valence-electron chi connectivity index (χ2n) is 7.75. The SMILES string of the molecule is COC(=O)c1ccc(Cl)c(C(O)c2cc3cc(C)c(C(F)(F)F)cc3n2-c2ccccc2)c1Cl.O=S=O. The molecule has 3 aromatic carbocycles. The Balaban J connectivity index is 0.00000121. The van der Waals surface area contributed by atoms with Gasteiger partial charge in [-0.2, -0.15) is 21.6 Å². The molecule has 0 aliphatic carbocycles. The lowest BCUT2D eigenvalue weighted by Gasteiger charge is -2.19. The summed E-state index contributed by atoms with van der Waals surface area (Å²) in [4.78, 5) is 12.1. The van der Waals surface area contributed by atoms with E-state index in [1.807, 2.05) is 0 Å². The Morgan fingerprint density at radius 1 is 1.05 bits per heavy atom. The number of hydrogen-bond donors (Lipinski definition) is 1. The normalized spacial score (nSPS) is 12.0. The molecule has 0 bridgehead atoms. The maximum absolute atomic E-state index is 13.7. The number of alkyl halides is 3. The van der Waals surface area contributed by atoms with Crippen LogP contribution in [0.15, 0.2) is 60.7 Å². The van der Waals surface area contributed by atoms with Crippen molar-refractivity contribution >= 4 is 51.6 Å². The van der Waals surface area contributed by atoms with Gasteiger partial charge in [-0.3, -0.25) is 0 Å². The predicted octanol–water partition coefficient (Wildman–Crippen LogP) is 6.46. The first-order chi connectivity index (χ1) is 17.5. The molecule has 0 fully saturated rings. The predicted molar refractivity (Wildman–Crippen MR) is 134 cm³/mol. The van der Waals surface area contributed by atoms with Gasteiger partial charge in [-0.05, 0) is 55.0 Å². The molecule has 6 nitrogen and oxygen atoms in total. The molecule has 0 spiro atoms. The van der Waals surface area contributed by atoms with Gasteiger partial charge in [0.05, 0.1) is 34.5 Å². The fourth-order valence-corrected chi connectivity index (χ4v) is 4.65. The number of rotatable bonds is 4. The molecule has 1 N–H and O–H groups in total. The number of ether oxygens (including phenoxy) is 1. The number of benzene rings is 3. The Morgan fingerprint density at radius 2 is 1.68 bits per heavy atom. The number of nitrogens with zero attached hydrogens (tertiary/aromatic N) is 1. The first kappa shape index (κ1) is 28.4. The summed E-state index contributed by atoms with van der Waals surface area (Å²) in [6.45, 7) is 1.38. The zero-order valence-electron chi connectivity index (χ0n) is 19.2. The second kappa shape index (κ2) is 11.5. The third-order valence-corrected chi connectivity index (χ3v) is 6.32. The molecule has 1 unspecified atom stereocenters. The van der Waals surface area contributed by atoms with Gasteiger partial charge in [-0.15, -0.1) is 0 Å². The van der Waals surface area contributed by atoms with Crippen LogP contribution in [-0.2, 0) is 22.5 Å². The van der Waals surface area contributed by atoms with Crippen LogP contribution in [0.25, 0.3) is 16.6 Å². The van der Waals surface area contributed by atoms with Gasteiger partial charge in [0.15, 0.2) is 0 Å². The van der Waals surface area contributed by atoms with E-state index in [1.54, 1.807) is 36.4 Å². The molecular formula is C25H18Cl2F3NO5S. The number of para-hydroxylation sites is 1. The van der Waals surface area contributed by atoms with E-state index >= 15 is 0 Å². The number of halogens is 5. The van der Waals surface area contributed by atoms with E-state index in [1.165, 1.54) is 36.8 Å². The molecule has 194 valence electrons. The van der Waals surface area contributed by atoms with Crippen LogP contribution in [0.1, 0.15) is 38.8 Å². The molecule has 4 rings (SSSR count). The number of aliphatic hydroxyl groups is 1. The Labute approximate surface area is 222 Å². The number of aliphatic hydroxyl groups excluding tert-OH is 1. The minimum absolute atomic E-state index is 0.000177. The Morgan fingerprint density at radius 3 is 2.24 bits per heavy atom. The minimum atomic E-state index is -4.55. The molecule has 1 heterocycles. The number of aromatic nitrogens is 1. The molecule has 12 heteroatoms. The average Bonchev–Trinajstić information content (AvgIpc) is 3.21. The van der Waals surface area contributed by atoms with Gasteiger partial charge in [-0.25, -0.2) is 4.79 Å². The first-order valence-electron chi connectivity index (χ1n) is 10.4. The monoisotopic (exact) mass is 571 g/mol. The van der Waals surface area contributed by atoms with Crippen molar-refractivity contribution in [3.63, 3.8) is 0 Å².